The van der Waals surface area contributed by atoms with Crippen LogP contribution in [0.1, 0.15) is 41.5 Å². The highest BCUT2D eigenvalue weighted by molar-refractivity contribution is 7.17. The van der Waals surface area contributed by atoms with Crippen LogP contribution in [0.4, 0.5) is 4.39 Å². The molecule has 0 radical (unpaired) electrons. The number of carbonyl (C=O) groups is 1. The maximum Gasteiger partial charge on any atom is 0.280 e. The monoisotopic (exact) mass is 532 g/mol. The lowest BCUT2D eigenvalue weighted by Gasteiger charge is -2.32. The molecular weight excluding hydrogens is 511 g/mol. The first-order valence-electron chi connectivity index (χ1n) is 12.0. The lowest BCUT2D eigenvalue weighted by Crippen LogP contribution is -2.39. The third kappa shape index (κ3) is 4.72. The van der Waals surface area contributed by atoms with Gasteiger partial charge in [0.1, 0.15) is 21.5 Å². The molecule has 4 heterocycles. The summed E-state index contributed by atoms with van der Waals surface area (Å²) < 4.78 is 17.6. The summed E-state index contributed by atoms with van der Waals surface area (Å²) in [5.74, 6) is 0.00434. The van der Waals surface area contributed by atoms with Gasteiger partial charge in [-0.3, -0.25) is 14.8 Å². The number of thiazole rings is 1. The van der Waals surface area contributed by atoms with E-state index in [-0.39, 0.29) is 23.8 Å². The minimum atomic E-state index is -0.331. The topological polar surface area (TPSA) is 85.6 Å². The van der Waals surface area contributed by atoms with Crippen molar-refractivity contribution in [3.8, 4) is 22.6 Å². The van der Waals surface area contributed by atoms with E-state index in [1.165, 1.54) is 12.3 Å². The number of benzene rings is 1. The van der Waals surface area contributed by atoms with E-state index in [9.17, 15) is 9.18 Å². The standard InChI is InChI=1S/C27H22ClFN6OS/c28-24-15-32-27(37-24)26(36)33-17-4-3-5-18(12-17)35-23-13-21(16-8-10-30-11-9-16)31-14-22(23)34-25(35)19-6-1-2-7-20(19)29/h1-2,6-11,13-15,17-18H,3-5,12H2,(H,33,36)/t17-,18+/m0/s1. The minimum Gasteiger partial charge on any atom is -0.347 e. The van der Waals surface area contributed by atoms with Crippen molar-refractivity contribution in [2.75, 3.05) is 0 Å². The fourth-order valence-electron chi connectivity index (χ4n) is 5.02. The number of nitrogens with zero attached hydrogens (tertiary/aromatic N) is 5. The average Bonchev–Trinajstić information content (AvgIpc) is 3.53. The van der Waals surface area contributed by atoms with Crippen LogP contribution in [0.5, 0.6) is 0 Å². The largest absolute Gasteiger partial charge is 0.347 e. The number of imidazole rings is 1. The summed E-state index contributed by atoms with van der Waals surface area (Å²) in [6.45, 7) is 0. The number of carbonyl (C=O) groups excluding carboxylic acids is 1. The number of pyridine rings is 2. The number of fused-ring (bicyclic) bond motifs is 1. The quantitative estimate of drug-likeness (QED) is 0.286. The van der Waals surface area contributed by atoms with Crippen molar-refractivity contribution in [1.29, 1.82) is 0 Å². The molecule has 1 saturated carbocycles. The van der Waals surface area contributed by atoms with Crippen molar-refractivity contribution in [3.63, 3.8) is 0 Å². The number of hydrogen-bond donors (Lipinski definition) is 1. The van der Waals surface area contributed by atoms with E-state index in [1.807, 2.05) is 24.3 Å². The molecule has 1 aliphatic rings. The van der Waals surface area contributed by atoms with E-state index >= 15 is 0 Å². The van der Waals surface area contributed by atoms with Gasteiger partial charge in [-0.1, -0.05) is 35.1 Å². The predicted octanol–water partition coefficient (Wildman–Crippen LogP) is 6.32. The maximum atomic E-state index is 15.0. The van der Waals surface area contributed by atoms with Crippen LogP contribution in [0, 0.1) is 5.82 Å². The number of amides is 1. The third-order valence-corrected chi connectivity index (χ3v) is 7.80. The van der Waals surface area contributed by atoms with Gasteiger partial charge in [-0.2, -0.15) is 0 Å². The van der Waals surface area contributed by atoms with E-state index in [4.69, 9.17) is 16.6 Å². The van der Waals surface area contributed by atoms with Gasteiger partial charge in [0.25, 0.3) is 5.91 Å². The minimum absolute atomic E-state index is 0.00577. The highest BCUT2D eigenvalue weighted by Gasteiger charge is 2.29. The molecule has 1 fully saturated rings. The number of halogens is 2. The number of aromatic nitrogens is 5. The predicted molar refractivity (Wildman–Crippen MR) is 142 cm³/mol. The number of hydrogen-bond acceptors (Lipinski definition) is 6. The zero-order valence-electron chi connectivity index (χ0n) is 19.6. The van der Waals surface area contributed by atoms with E-state index in [1.54, 1.807) is 30.7 Å². The van der Waals surface area contributed by atoms with Crippen molar-refractivity contribution in [1.82, 2.24) is 29.8 Å². The van der Waals surface area contributed by atoms with E-state index in [2.05, 4.69) is 24.8 Å². The fourth-order valence-corrected chi connectivity index (χ4v) is 5.83. The van der Waals surface area contributed by atoms with Gasteiger partial charge < -0.3 is 9.88 Å². The summed E-state index contributed by atoms with van der Waals surface area (Å²) in [5, 5.41) is 3.47. The molecule has 0 saturated heterocycles. The van der Waals surface area contributed by atoms with E-state index in [0.29, 0.717) is 32.7 Å². The normalized spacial score (nSPS) is 17.7. The Hall–Kier alpha value is -3.69. The van der Waals surface area contributed by atoms with Crippen molar-refractivity contribution < 1.29 is 9.18 Å². The number of nitrogens with one attached hydrogen (secondary N) is 1. The number of rotatable bonds is 5. The van der Waals surface area contributed by atoms with Crippen molar-refractivity contribution >= 4 is 39.9 Å². The Kier molecular flexibility index (Phi) is 6.40. The van der Waals surface area contributed by atoms with Crippen LogP contribution in [-0.4, -0.2) is 36.5 Å². The Labute approximate surface area is 221 Å². The lowest BCUT2D eigenvalue weighted by molar-refractivity contribution is 0.0920. The Morgan fingerprint density at radius 2 is 1.95 bits per heavy atom. The average molecular weight is 533 g/mol. The van der Waals surface area contributed by atoms with E-state index in [0.717, 1.165) is 47.4 Å². The SMILES string of the molecule is O=C(N[C@H]1CCC[C@@H](n2c(-c3ccccc3F)nc3cnc(-c4ccncc4)cc32)C1)c1ncc(Cl)s1. The Bertz CT molecular complexity index is 1590. The van der Waals surface area contributed by atoms with Crippen molar-refractivity contribution in [3.05, 3.63) is 82.4 Å². The molecule has 10 heteroatoms. The highest BCUT2D eigenvalue weighted by Crippen LogP contribution is 2.37. The van der Waals surface area contributed by atoms with Gasteiger partial charge in [-0.15, -0.1) is 0 Å². The van der Waals surface area contributed by atoms with Crippen LogP contribution in [0.25, 0.3) is 33.7 Å². The summed E-state index contributed by atoms with van der Waals surface area (Å²) >= 11 is 7.13. The molecule has 4 aromatic heterocycles. The van der Waals surface area contributed by atoms with Crippen LogP contribution in [0.15, 0.2) is 67.3 Å². The first kappa shape index (κ1) is 23.7. The maximum absolute atomic E-state index is 15.0. The first-order valence-corrected chi connectivity index (χ1v) is 13.2. The zero-order chi connectivity index (χ0) is 25.4. The van der Waals surface area contributed by atoms with Crippen LogP contribution < -0.4 is 5.32 Å². The third-order valence-electron chi connectivity index (χ3n) is 6.69. The summed E-state index contributed by atoms with van der Waals surface area (Å²) in [4.78, 5) is 30.4. The molecule has 2 atom stereocenters. The van der Waals surface area contributed by atoms with Gasteiger partial charge in [0.15, 0.2) is 5.01 Å². The molecule has 6 rings (SSSR count). The second kappa shape index (κ2) is 9.99. The zero-order valence-corrected chi connectivity index (χ0v) is 21.2. The Morgan fingerprint density at radius 1 is 1.11 bits per heavy atom. The second-order valence-electron chi connectivity index (χ2n) is 9.04. The molecular formula is C27H22ClFN6OS. The molecule has 7 nitrogen and oxygen atoms in total. The molecule has 1 aliphatic carbocycles. The molecule has 0 aliphatic heterocycles. The summed E-state index contributed by atoms with van der Waals surface area (Å²) in [6, 6.07) is 12.4. The molecule has 5 aromatic rings. The Balaban J connectivity index is 1.41. The molecule has 1 amide bonds. The van der Waals surface area contributed by atoms with Gasteiger partial charge >= 0.3 is 0 Å². The van der Waals surface area contributed by atoms with Gasteiger partial charge in [0.05, 0.1) is 29.2 Å². The van der Waals surface area contributed by atoms with Crippen LogP contribution in [0.3, 0.4) is 0 Å². The van der Waals surface area contributed by atoms with Crippen LogP contribution >= 0.6 is 22.9 Å². The summed E-state index contributed by atoms with van der Waals surface area (Å²) in [7, 11) is 0. The van der Waals surface area contributed by atoms with Crippen molar-refractivity contribution in [2.45, 2.75) is 37.8 Å². The summed E-state index contributed by atoms with van der Waals surface area (Å²) in [6.07, 6.45) is 10.0. The van der Waals surface area contributed by atoms with Gasteiger partial charge in [0.2, 0.25) is 0 Å². The molecule has 186 valence electrons. The lowest BCUT2D eigenvalue weighted by atomic mass is 9.90. The van der Waals surface area contributed by atoms with Crippen LogP contribution in [-0.2, 0) is 0 Å². The smallest absolute Gasteiger partial charge is 0.280 e. The molecule has 0 bridgehead atoms. The second-order valence-corrected chi connectivity index (χ2v) is 10.7. The molecule has 0 spiro atoms. The van der Waals surface area contributed by atoms with Gasteiger partial charge in [0, 0.05) is 30.0 Å². The van der Waals surface area contributed by atoms with Gasteiger partial charge in [-0.25, -0.2) is 14.4 Å². The molecule has 1 aromatic carbocycles. The molecule has 37 heavy (non-hydrogen) atoms. The Morgan fingerprint density at radius 3 is 2.73 bits per heavy atom. The summed E-state index contributed by atoms with van der Waals surface area (Å²) in [5.41, 5.74) is 3.74. The first-order chi connectivity index (χ1) is 18.1. The molecule has 1 N–H and O–H groups in total. The fraction of sp³-hybridized carbons (Fsp3) is 0.222. The van der Waals surface area contributed by atoms with Crippen LogP contribution in [0.2, 0.25) is 4.34 Å². The highest BCUT2D eigenvalue weighted by atomic mass is 35.5. The van der Waals surface area contributed by atoms with Gasteiger partial charge in [-0.05, 0) is 56.0 Å². The van der Waals surface area contributed by atoms with E-state index < -0.39 is 0 Å². The molecule has 0 unspecified atom stereocenters. The van der Waals surface area contributed by atoms with Crippen molar-refractivity contribution in [2.24, 2.45) is 0 Å².